The molecule has 0 radical (unpaired) electrons. The van der Waals surface area contributed by atoms with Crippen LogP contribution >= 0.6 is 0 Å². The van der Waals surface area contributed by atoms with Gasteiger partial charge in [0.2, 0.25) is 0 Å². The van der Waals surface area contributed by atoms with E-state index in [-0.39, 0.29) is 0 Å². The van der Waals surface area contributed by atoms with E-state index in [0.29, 0.717) is 0 Å². The molecule has 0 aromatic heterocycles. The van der Waals surface area contributed by atoms with Gasteiger partial charge in [-0.2, -0.15) is 0 Å². The summed E-state index contributed by atoms with van der Waals surface area (Å²) in [4.78, 5) is 0. The van der Waals surface area contributed by atoms with Crippen molar-refractivity contribution in [3.63, 3.8) is 0 Å². The molecular formula is C19H20. The molecule has 0 heteroatoms. The van der Waals surface area contributed by atoms with Gasteiger partial charge in [0.05, 0.1) is 0 Å². The fraction of sp³-hybridized carbons (Fsp3) is 0.474. The third-order valence-electron chi connectivity index (χ3n) is 5.86. The highest BCUT2D eigenvalue weighted by Gasteiger charge is 2.35. The van der Waals surface area contributed by atoms with E-state index < -0.39 is 0 Å². The van der Waals surface area contributed by atoms with Crippen molar-refractivity contribution in [2.45, 2.75) is 56.8 Å². The van der Waals surface area contributed by atoms with Gasteiger partial charge in [0.15, 0.2) is 0 Å². The fourth-order valence-electron chi connectivity index (χ4n) is 5.10. The zero-order valence-electron chi connectivity index (χ0n) is 11.4. The average Bonchev–Trinajstić information content (AvgIpc) is 2.47. The molecular weight excluding hydrogens is 228 g/mol. The summed E-state index contributed by atoms with van der Waals surface area (Å²) in [7, 11) is 0. The predicted octanol–water partition coefficient (Wildman–Crippen LogP) is 5.08. The third kappa shape index (κ3) is 1.30. The molecule has 0 N–H and O–H groups in total. The van der Waals surface area contributed by atoms with Crippen LogP contribution in [0.15, 0.2) is 24.3 Å². The van der Waals surface area contributed by atoms with Gasteiger partial charge in [-0.1, -0.05) is 24.3 Å². The summed E-state index contributed by atoms with van der Waals surface area (Å²) in [6, 6.07) is 9.50. The highest BCUT2D eigenvalue weighted by Crippen LogP contribution is 2.52. The molecule has 5 rings (SSSR count). The maximum absolute atomic E-state index is 2.53. The molecule has 0 bridgehead atoms. The molecule has 2 atom stereocenters. The number of hydrogen-bond donors (Lipinski definition) is 0. The molecule has 2 unspecified atom stereocenters. The van der Waals surface area contributed by atoms with E-state index in [1.54, 1.807) is 22.1 Å². The highest BCUT2D eigenvalue weighted by molar-refractivity contribution is 5.92. The van der Waals surface area contributed by atoms with E-state index in [4.69, 9.17) is 0 Å². The maximum Gasteiger partial charge on any atom is -0.0114 e. The largest absolute Gasteiger partial charge is 0.0614 e. The molecule has 0 amide bonds. The second-order valence-corrected chi connectivity index (χ2v) is 6.78. The van der Waals surface area contributed by atoms with Crippen molar-refractivity contribution in [1.82, 2.24) is 0 Å². The number of rotatable bonds is 0. The van der Waals surface area contributed by atoms with Crippen LogP contribution in [0.4, 0.5) is 0 Å². The summed E-state index contributed by atoms with van der Waals surface area (Å²) in [5, 5.41) is 3.18. The van der Waals surface area contributed by atoms with E-state index in [9.17, 15) is 0 Å². The van der Waals surface area contributed by atoms with E-state index in [2.05, 4.69) is 24.3 Å². The summed E-state index contributed by atoms with van der Waals surface area (Å²) in [6.45, 7) is 0. The van der Waals surface area contributed by atoms with Crippen molar-refractivity contribution < 1.29 is 0 Å². The number of hydrogen-bond acceptors (Lipinski definition) is 0. The van der Waals surface area contributed by atoms with E-state index in [1.165, 1.54) is 50.3 Å². The zero-order chi connectivity index (χ0) is 12.4. The molecule has 0 nitrogen and oxygen atoms in total. The first-order valence-corrected chi connectivity index (χ1v) is 7.99. The van der Waals surface area contributed by atoms with Crippen molar-refractivity contribution in [2.75, 3.05) is 0 Å². The minimum atomic E-state index is 0.877. The summed E-state index contributed by atoms with van der Waals surface area (Å²) < 4.78 is 0. The van der Waals surface area contributed by atoms with Gasteiger partial charge in [-0.05, 0) is 89.8 Å². The summed E-state index contributed by atoms with van der Waals surface area (Å²) in [5.41, 5.74) is 6.92. The van der Waals surface area contributed by atoms with E-state index in [0.717, 1.165) is 11.8 Å². The maximum atomic E-state index is 2.53. The predicted molar refractivity (Wildman–Crippen MR) is 79.9 cm³/mol. The van der Waals surface area contributed by atoms with Crippen LogP contribution in [0.25, 0.3) is 10.8 Å². The van der Waals surface area contributed by atoms with Gasteiger partial charge >= 0.3 is 0 Å². The molecule has 19 heavy (non-hydrogen) atoms. The summed E-state index contributed by atoms with van der Waals surface area (Å²) in [5.74, 6) is 1.77. The summed E-state index contributed by atoms with van der Waals surface area (Å²) in [6.07, 6.45) is 9.79. The molecule has 2 aromatic carbocycles. The van der Waals surface area contributed by atoms with Crippen LogP contribution < -0.4 is 0 Å². The highest BCUT2D eigenvalue weighted by atomic mass is 14.4. The normalized spacial score (nSPS) is 27.6. The Kier molecular flexibility index (Phi) is 2.00. The van der Waals surface area contributed by atoms with Crippen molar-refractivity contribution >= 4 is 10.8 Å². The van der Waals surface area contributed by atoms with Crippen molar-refractivity contribution in [1.29, 1.82) is 0 Å². The van der Waals surface area contributed by atoms with Gasteiger partial charge in [-0.3, -0.25) is 0 Å². The van der Waals surface area contributed by atoms with Gasteiger partial charge in [0.25, 0.3) is 0 Å². The van der Waals surface area contributed by atoms with Gasteiger partial charge in [0, 0.05) is 0 Å². The van der Waals surface area contributed by atoms with E-state index in [1.807, 2.05) is 5.56 Å². The Bertz CT molecular complexity index is 680. The Morgan fingerprint density at radius 2 is 1.68 bits per heavy atom. The molecule has 0 fully saturated rings. The molecule has 0 spiro atoms. The molecule has 0 saturated carbocycles. The molecule has 2 aromatic rings. The van der Waals surface area contributed by atoms with E-state index >= 15 is 0 Å². The summed E-state index contributed by atoms with van der Waals surface area (Å²) >= 11 is 0. The Morgan fingerprint density at radius 1 is 0.789 bits per heavy atom. The van der Waals surface area contributed by atoms with Crippen molar-refractivity contribution in [3.8, 4) is 0 Å². The molecule has 96 valence electrons. The molecule has 0 aliphatic heterocycles. The van der Waals surface area contributed by atoms with Crippen LogP contribution in [-0.2, 0) is 12.8 Å². The van der Waals surface area contributed by atoms with Crippen LogP contribution in [0, 0.1) is 0 Å². The van der Waals surface area contributed by atoms with Crippen LogP contribution in [0.2, 0.25) is 0 Å². The quantitative estimate of drug-likeness (QED) is 0.609. The van der Waals surface area contributed by atoms with Crippen LogP contribution in [0.3, 0.4) is 0 Å². The Hall–Kier alpha value is -1.30. The monoisotopic (exact) mass is 248 g/mol. The lowest BCUT2D eigenvalue weighted by atomic mass is 9.65. The first-order chi connectivity index (χ1) is 9.42. The van der Waals surface area contributed by atoms with Crippen LogP contribution in [-0.4, -0.2) is 0 Å². The Balaban J connectivity index is 1.97. The lowest BCUT2D eigenvalue weighted by Gasteiger charge is -2.40. The second-order valence-electron chi connectivity index (χ2n) is 6.78. The Labute approximate surface area is 114 Å². The van der Waals surface area contributed by atoms with Gasteiger partial charge in [-0.25, -0.2) is 0 Å². The first-order valence-electron chi connectivity index (χ1n) is 7.99. The van der Waals surface area contributed by atoms with Gasteiger partial charge in [0.1, 0.15) is 0 Å². The second kappa shape index (κ2) is 3.62. The smallest absolute Gasteiger partial charge is 0.0114 e. The standard InChI is InChI=1S/C19H20/c1-3-12-7-9-14-10-8-13-4-2-6-16-11-15(5-1)17(12)19(14)18(13)16/h1,3,5,11,13-14H,2,4,6-10H2. The fourth-order valence-corrected chi connectivity index (χ4v) is 5.10. The van der Waals surface area contributed by atoms with Crippen LogP contribution in [0.5, 0.6) is 0 Å². The Morgan fingerprint density at radius 3 is 2.63 bits per heavy atom. The number of benzene rings is 2. The number of aryl methyl sites for hydroxylation is 2. The van der Waals surface area contributed by atoms with Gasteiger partial charge in [-0.15, -0.1) is 0 Å². The molecule has 0 saturated heterocycles. The zero-order valence-corrected chi connectivity index (χ0v) is 11.4. The molecule has 0 heterocycles. The van der Waals surface area contributed by atoms with Gasteiger partial charge < -0.3 is 0 Å². The van der Waals surface area contributed by atoms with Crippen molar-refractivity contribution in [2.24, 2.45) is 0 Å². The molecule has 3 aliphatic carbocycles. The van der Waals surface area contributed by atoms with Crippen LogP contribution in [0.1, 0.15) is 66.2 Å². The lowest BCUT2D eigenvalue weighted by Crippen LogP contribution is -2.23. The average molecular weight is 248 g/mol. The SMILES string of the molecule is c1cc2c3c4c5c(cc3c1)CCCC5CCC4CC2. The molecule has 3 aliphatic rings. The first kappa shape index (κ1) is 10.5. The topological polar surface area (TPSA) is 0 Å². The van der Waals surface area contributed by atoms with Crippen molar-refractivity contribution in [3.05, 3.63) is 46.5 Å². The minimum absolute atomic E-state index is 0.877. The lowest BCUT2D eigenvalue weighted by molar-refractivity contribution is 0.420. The minimum Gasteiger partial charge on any atom is -0.0614 e. The third-order valence-corrected chi connectivity index (χ3v) is 5.86.